The van der Waals surface area contributed by atoms with Gasteiger partial charge in [0.2, 0.25) is 0 Å². The Bertz CT molecular complexity index is 742. The topological polar surface area (TPSA) is 60.1 Å². The van der Waals surface area contributed by atoms with Gasteiger partial charge in [-0.1, -0.05) is 17.7 Å². The van der Waals surface area contributed by atoms with E-state index in [2.05, 4.69) is 10.4 Å². The molecule has 23 heavy (non-hydrogen) atoms. The second-order valence-corrected chi connectivity index (χ2v) is 5.55. The van der Waals surface area contributed by atoms with Gasteiger partial charge in [0, 0.05) is 24.5 Å². The van der Waals surface area contributed by atoms with E-state index in [0.717, 1.165) is 16.9 Å². The molecule has 1 unspecified atom stereocenters. The first-order chi connectivity index (χ1) is 11.1. The zero-order chi connectivity index (χ0) is 16.2. The molecule has 1 atom stereocenters. The van der Waals surface area contributed by atoms with Crippen LogP contribution in [0.4, 0.5) is 0 Å². The molecule has 1 aromatic carbocycles. The van der Waals surface area contributed by atoms with Crippen LogP contribution in [0.3, 0.4) is 0 Å². The molecule has 0 saturated heterocycles. The average Bonchev–Trinajstić information content (AvgIpc) is 3.21. The summed E-state index contributed by atoms with van der Waals surface area (Å²) >= 11 is 0. The van der Waals surface area contributed by atoms with Crippen LogP contribution in [0.5, 0.6) is 0 Å². The number of nitrogens with zero attached hydrogens (tertiary/aromatic N) is 2. The predicted molar refractivity (Wildman–Crippen MR) is 87.3 cm³/mol. The molecule has 0 fully saturated rings. The van der Waals surface area contributed by atoms with Crippen molar-refractivity contribution in [3.05, 3.63) is 77.5 Å². The standard InChI is InChI=1S/C18H19N3O2/c1-13-6-7-15(14(2)11-13)18(22)19-12-16(17-5-3-10-23-17)21-9-4-8-20-21/h3-11,16H,12H2,1-2H3,(H,19,22). The molecule has 1 amide bonds. The largest absolute Gasteiger partial charge is 0.467 e. The van der Waals surface area contributed by atoms with Crippen molar-refractivity contribution in [1.29, 1.82) is 0 Å². The molecule has 0 saturated carbocycles. The Morgan fingerprint density at radius 3 is 2.83 bits per heavy atom. The van der Waals surface area contributed by atoms with Gasteiger partial charge < -0.3 is 9.73 Å². The maximum Gasteiger partial charge on any atom is 0.251 e. The summed E-state index contributed by atoms with van der Waals surface area (Å²) in [7, 11) is 0. The number of hydrogen-bond acceptors (Lipinski definition) is 3. The van der Waals surface area contributed by atoms with Gasteiger partial charge in [-0.05, 0) is 43.7 Å². The highest BCUT2D eigenvalue weighted by atomic mass is 16.3. The summed E-state index contributed by atoms with van der Waals surface area (Å²) in [5, 5.41) is 7.23. The summed E-state index contributed by atoms with van der Waals surface area (Å²) in [6.45, 7) is 4.36. The van der Waals surface area contributed by atoms with Gasteiger partial charge in [0.25, 0.3) is 5.91 Å². The first-order valence-corrected chi connectivity index (χ1v) is 7.53. The molecule has 2 heterocycles. The van der Waals surface area contributed by atoms with Crippen LogP contribution in [-0.4, -0.2) is 22.2 Å². The van der Waals surface area contributed by atoms with E-state index in [4.69, 9.17) is 4.42 Å². The van der Waals surface area contributed by atoms with Crippen molar-refractivity contribution in [2.24, 2.45) is 0 Å². The van der Waals surface area contributed by atoms with Crippen LogP contribution in [0.1, 0.15) is 33.3 Å². The van der Waals surface area contributed by atoms with E-state index in [1.807, 2.05) is 56.4 Å². The van der Waals surface area contributed by atoms with Gasteiger partial charge in [-0.3, -0.25) is 9.48 Å². The highest BCUT2D eigenvalue weighted by molar-refractivity contribution is 5.95. The maximum absolute atomic E-state index is 12.4. The molecule has 0 aliphatic heterocycles. The van der Waals surface area contributed by atoms with Gasteiger partial charge in [-0.25, -0.2) is 0 Å². The molecule has 0 radical (unpaired) electrons. The molecule has 0 bridgehead atoms. The Hall–Kier alpha value is -2.82. The Labute approximate surface area is 134 Å². The quantitative estimate of drug-likeness (QED) is 0.788. The molecular formula is C18H19N3O2. The molecule has 2 aromatic heterocycles. The molecule has 3 aromatic rings. The van der Waals surface area contributed by atoms with E-state index in [1.54, 1.807) is 17.1 Å². The van der Waals surface area contributed by atoms with E-state index >= 15 is 0 Å². The molecule has 5 nitrogen and oxygen atoms in total. The van der Waals surface area contributed by atoms with Gasteiger partial charge in [-0.2, -0.15) is 5.10 Å². The van der Waals surface area contributed by atoms with Crippen molar-refractivity contribution in [2.75, 3.05) is 6.54 Å². The van der Waals surface area contributed by atoms with Crippen molar-refractivity contribution >= 4 is 5.91 Å². The highest BCUT2D eigenvalue weighted by Crippen LogP contribution is 2.18. The summed E-state index contributed by atoms with van der Waals surface area (Å²) in [4.78, 5) is 12.4. The minimum absolute atomic E-state index is 0.0915. The molecule has 118 valence electrons. The zero-order valence-corrected chi connectivity index (χ0v) is 13.2. The van der Waals surface area contributed by atoms with Gasteiger partial charge in [0.15, 0.2) is 0 Å². The summed E-state index contributed by atoms with van der Waals surface area (Å²) in [6, 6.07) is 11.2. The maximum atomic E-state index is 12.4. The van der Waals surface area contributed by atoms with E-state index in [9.17, 15) is 4.79 Å². The Kier molecular flexibility index (Phi) is 4.28. The zero-order valence-electron chi connectivity index (χ0n) is 13.2. The first-order valence-electron chi connectivity index (χ1n) is 7.53. The summed E-state index contributed by atoms with van der Waals surface area (Å²) < 4.78 is 7.26. The number of hydrogen-bond donors (Lipinski definition) is 1. The van der Waals surface area contributed by atoms with Crippen molar-refractivity contribution in [3.63, 3.8) is 0 Å². The molecule has 5 heteroatoms. The number of carbonyl (C=O) groups excluding carboxylic acids is 1. The number of carbonyl (C=O) groups is 1. The third kappa shape index (κ3) is 3.34. The Morgan fingerprint density at radius 1 is 1.30 bits per heavy atom. The van der Waals surface area contributed by atoms with Crippen LogP contribution < -0.4 is 5.32 Å². The lowest BCUT2D eigenvalue weighted by Crippen LogP contribution is -2.31. The van der Waals surface area contributed by atoms with Crippen LogP contribution in [0, 0.1) is 13.8 Å². The Morgan fingerprint density at radius 2 is 2.17 bits per heavy atom. The lowest BCUT2D eigenvalue weighted by Gasteiger charge is -2.16. The molecule has 1 N–H and O–H groups in total. The number of aryl methyl sites for hydroxylation is 2. The lowest BCUT2D eigenvalue weighted by molar-refractivity contribution is 0.0947. The van der Waals surface area contributed by atoms with Crippen LogP contribution in [0.25, 0.3) is 0 Å². The number of rotatable bonds is 5. The van der Waals surface area contributed by atoms with Crippen LogP contribution in [-0.2, 0) is 0 Å². The smallest absolute Gasteiger partial charge is 0.251 e. The van der Waals surface area contributed by atoms with E-state index in [0.29, 0.717) is 12.1 Å². The number of aromatic nitrogens is 2. The molecular weight excluding hydrogens is 290 g/mol. The van der Waals surface area contributed by atoms with Gasteiger partial charge in [0.1, 0.15) is 11.8 Å². The van der Waals surface area contributed by atoms with E-state index in [-0.39, 0.29) is 11.9 Å². The van der Waals surface area contributed by atoms with Crippen molar-refractivity contribution in [2.45, 2.75) is 19.9 Å². The minimum atomic E-state index is -0.172. The fraction of sp³-hybridized carbons (Fsp3) is 0.222. The molecule has 3 rings (SSSR count). The van der Waals surface area contributed by atoms with E-state index in [1.165, 1.54) is 0 Å². The number of amides is 1. The van der Waals surface area contributed by atoms with E-state index < -0.39 is 0 Å². The van der Waals surface area contributed by atoms with Gasteiger partial charge in [-0.15, -0.1) is 0 Å². The molecule has 0 aliphatic rings. The Balaban J connectivity index is 1.75. The number of furan rings is 1. The van der Waals surface area contributed by atoms with Crippen LogP contribution in [0.15, 0.2) is 59.5 Å². The third-order valence-corrected chi connectivity index (χ3v) is 3.80. The SMILES string of the molecule is Cc1ccc(C(=O)NCC(c2ccco2)n2cccn2)c(C)c1. The number of benzene rings is 1. The lowest BCUT2D eigenvalue weighted by atomic mass is 10.1. The summed E-state index contributed by atoms with van der Waals surface area (Å²) in [6.07, 6.45) is 5.19. The summed E-state index contributed by atoms with van der Waals surface area (Å²) in [5.74, 6) is 0.667. The highest BCUT2D eigenvalue weighted by Gasteiger charge is 2.19. The number of nitrogens with one attached hydrogen (secondary N) is 1. The normalized spacial score (nSPS) is 12.1. The van der Waals surface area contributed by atoms with Crippen molar-refractivity contribution in [3.8, 4) is 0 Å². The second-order valence-electron chi connectivity index (χ2n) is 5.55. The average molecular weight is 309 g/mol. The van der Waals surface area contributed by atoms with Crippen LogP contribution >= 0.6 is 0 Å². The monoisotopic (exact) mass is 309 g/mol. The second kappa shape index (κ2) is 6.52. The molecule has 0 spiro atoms. The fourth-order valence-corrected chi connectivity index (χ4v) is 2.62. The van der Waals surface area contributed by atoms with Gasteiger partial charge >= 0.3 is 0 Å². The predicted octanol–water partition coefficient (Wildman–Crippen LogP) is 3.11. The van der Waals surface area contributed by atoms with Crippen LogP contribution in [0.2, 0.25) is 0 Å². The summed E-state index contributed by atoms with van der Waals surface area (Å²) in [5.41, 5.74) is 2.80. The molecule has 0 aliphatic carbocycles. The minimum Gasteiger partial charge on any atom is -0.467 e. The fourth-order valence-electron chi connectivity index (χ4n) is 2.62. The van der Waals surface area contributed by atoms with Crippen molar-refractivity contribution < 1.29 is 9.21 Å². The third-order valence-electron chi connectivity index (χ3n) is 3.80. The first kappa shape index (κ1) is 15.1. The van der Waals surface area contributed by atoms with Gasteiger partial charge in [0.05, 0.1) is 6.26 Å². The van der Waals surface area contributed by atoms with Crippen molar-refractivity contribution in [1.82, 2.24) is 15.1 Å².